The number of aromatic amines is 1. The first-order valence-corrected chi connectivity index (χ1v) is 10.3. The second-order valence-electron chi connectivity index (χ2n) is 7.60. The Hall–Kier alpha value is -4.89. The van der Waals surface area contributed by atoms with Gasteiger partial charge in [0.1, 0.15) is 17.4 Å². The highest BCUT2D eigenvalue weighted by atomic mass is 16.4. The average Bonchev–Trinajstić information content (AvgIpc) is 3.53. The summed E-state index contributed by atoms with van der Waals surface area (Å²) in [5.41, 5.74) is 3.79. The normalized spacial score (nSPS) is 11.1. The standard InChI is InChI=1S/C27H15N3O3/c28-14-20-18(25-10-5-11-32-25)13-23(19-12-16-6-1-4-9-24(16)33-27(19)31)30-26(20)21-15-29-22-8-3-2-7-17(21)22/h1-13,15,29H. The topological polar surface area (TPSA) is 95.8 Å². The Bertz CT molecular complexity index is 1750. The molecule has 0 aliphatic rings. The van der Waals surface area contributed by atoms with Gasteiger partial charge in [0.05, 0.1) is 28.8 Å². The van der Waals surface area contributed by atoms with Crippen LogP contribution in [0.4, 0.5) is 0 Å². The molecule has 33 heavy (non-hydrogen) atoms. The summed E-state index contributed by atoms with van der Waals surface area (Å²) < 4.78 is 11.2. The SMILES string of the molecule is N#Cc1c(-c2ccco2)cc(-c2cc3ccccc3oc2=O)nc1-c1c[nH]c2ccccc12. The third kappa shape index (κ3) is 3.03. The molecule has 4 heterocycles. The van der Waals surface area contributed by atoms with Crippen LogP contribution in [0.2, 0.25) is 0 Å². The van der Waals surface area contributed by atoms with Crippen molar-refractivity contribution in [3.05, 3.63) is 101 Å². The first kappa shape index (κ1) is 18.8. The van der Waals surface area contributed by atoms with Crippen LogP contribution in [-0.2, 0) is 0 Å². The Balaban J connectivity index is 1.70. The third-order valence-corrected chi connectivity index (χ3v) is 5.68. The lowest BCUT2D eigenvalue weighted by Crippen LogP contribution is -2.05. The fourth-order valence-electron chi connectivity index (χ4n) is 4.13. The van der Waals surface area contributed by atoms with Gasteiger partial charge in [0, 0.05) is 33.6 Å². The molecule has 6 rings (SSSR count). The van der Waals surface area contributed by atoms with Crippen LogP contribution in [-0.4, -0.2) is 9.97 Å². The molecule has 0 aliphatic heterocycles. The predicted octanol–water partition coefficient (Wildman–Crippen LogP) is 6.13. The van der Waals surface area contributed by atoms with Gasteiger partial charge in [-0.15, -0.1) is 0 Å². The van der Waals surface area contributed by atoms with E-state index in [4.69, 9.17) is 13.8 Å². The van der Waals surface area contributed by atoms with Crippen molar-refractivity contribution in [2.45, 2.75) is 0 Å². The number of nitrogens with one attached hydrogen (secondary N) is 1. The van der Waals surface area contributed by atoms with Crippen LogP contribution in [0.15, 0.2) is 98.9 Å². The van der Waals surface area contributed by atoms with Crippen LogP contribution in [0.25, 0.3) is 55.7 Å². The molecule has 0 unspecified atom stereocenters. The smallest absolute Gasteiger partial charge is 0.345 e. The summed E-state index contributed by atoms with van der Waals surface area (Å²) in [6.45, 7) is 0. The number of benzene rings is 2. The lowest BCUT2D eigenvalue weighted by Gasteiger charge is -2.11. The van der Waals surface area contributed by atoms with Crippen molar-refractivity contribution in [3.63, 3.8) is 0 Å². The van der Waals surface area contributed by atoms with E-state index in [1.54, 1.807) is 36.6 Å². The predicted molar refractivity (Wildman–Crippen MR) is 125 cm³/mol. The Morgan fingerprint density at radius 3 is 2.61 bits per heavy atom. The number of pyridine rings is 1. The number of aromatic nitrogens is 2. The molecule has 0 fully saturated rings. The molecule has 0 bridgehead atoms. The van der Waals surface area contributed by atoms with Crippen LogP contribution >= 0.6 is 0 Å². The molecule has 1 N–H and O–H groups in total. The number of H-pyrrole nitrogens is 1. The molecular formula is C27H15N3O3. The van der Waals surface area contributed by atoms with Gasteiger partial charge in [0.15, 0.2) is 0 Å². The summed E-state index contributed by atoms with van der Waals surface area (Å²) in [7, 11) is 0. The minimum Gasteiger partial charge on any atom is -0.464 e. The fraction of sp³-hybridized carbons (Fsp3) is 0. The molecule has 0 saturated carbocycles. The minimum absolute atomic E-state index is 0.312. The number of rotatable bonds is 3. The van der Waals surface area contributed by atoms with E-state index in [9.17, 15) is 10.1 Å². The maximum atomic E-state index is 12.9. The molecule has 6 heteroatoms. The van der Waals surface area contributed by atoms with Gasteiger partial charge >= 0.3 is 5.63 Å². The zero-order chi connectivity index (χ0) is 22.4. The van der Waals surface area contributed by atoms with E-state index in [2.05, 4.69) is 11.1 Å². The third-order valence-electron chi connectivity index (χ3n) is 5.68. The maximum Gasteiger partial charge on any atom is 0.345 e. The van der Waals surface area contributed by atoms with E-state index in [0.29, 0.717) is 39.4 Å². The van der Waals surface area contributed by atoms with Crippen LogP contribution in [0, 0.1) is 11.3 Å². The van der Waals surface area contributed by atoms with Crippen LogP contribution in [0.3, 0.4) is 0 Å². The molecule has 0 radical (unpaired) electrons. The van der Waals surface area contributed by atoms with E-state index < -0.39 is 5.63 Å². The molecule has 0 amide bonds. The number of furan rings is 1. The summed E-state index contributed by atoms with van der Waals surface area (Å²) >= 11 is 0. The summed E-state index contributed by atoms with van der Waals surface area (Å²) in [6, 6.07) is 24.4. The highest BCUT2D eigenvalue weighted by Gasteiger charge is 2.21. The van der Waals surface area contributed by atoms with Gasteiger partial charge < -0.3 is 13.8 Å². The van der Waals surface area contributed by atoms with E-state index in [1.165, 1.54) is 0 Å². The molecule has 0 saturated heterocycles. The zero-order valence-electron chi connectivity index (χ0n) is 17.2. The van der Waals surface area contributed by atoms with Gasteiger partial charge in [-0.2, -0.15) is 5.26 Å². The fourth-order valence-corrected chi connectivity index (χ4v) is 4.13. The molecule has 4 aromatic heterocycles. The second-order valence-corrected chi connectivity index (χ2v) is 7.60. The van der Waals surface area contributed by atoms with Gasteiger partial charge in [-0.3, -0.25) is 0 Å². The van der Waals surface area contributed by atoms with E-state index in [1.807, 2.05) is 48.7 Å². The van der Waals surface area contributed by atoms with Crippen LogP contribution in [0.5, 0.6) is 0 Å². The Labute approximate surface area is 187 Å². The second kappa shape index (κ2) is 7.36. The summed E-state index contributed by atoms with van der Waals surface area (Å²) in [5.74, 6) is 0.515. The van der Waals surface area contributed by atoms with E-state index in [0.717, 1.165) is 21.9 Å². The van der Waals surface area contributed by atoms with Gasteiger partial charge in [-0.05, 0) is 36.4 Å². The van der Waals surface area contributed by atoms with Gasteiger partial charge in [-0.1, -0.05) is 36.4 Å². The summed E-state index contributed by atoms with van der Waals surface area (Å²) in [4.78, 5) is 20.9. The zero-order valence-corrected chi connectivity index (χ0v) is 17.2. The Morgan fingerprint density at radius 1 is 0.909 bits per heavy atom. The number of fused-ring (bicyclic) bond motifs is 2. The molecule has 0 atom stereocenters. The monoisotopic (exact) mass is 429 g/mol. The lowest BCUT2D eigenvalue weighted by atomic mass is 9.97. The molecule has 6 nitrogen and oxygen atoms in total. The van der Waals surface area contributed by atoms with Crippen molar-refractivity contribution in [2.75, 3.05) is 0 Å². The van der Waals surface area contributed by atoms with Crippen LogP contribution in [0.1, 0.15) is 5.56 Å². The first-order valence-electron chi connectivity index (χ1n) is 10.3. The van der Waals surface area contributed by atoms with Crippen molar-refractivity contribution in [1.29, 1.82) is 5.26 Å². The molecule has 6 aromatic rings. The number of nitrogens with zero attached hydrogens (tertiary/aromatic N) is 2. The van der Waals surface area contributed by atoms with Crippen molar-refractivity contribution in [2.24, 2.45) is 0 Å². The number of para-hydroxylation sites is 2. The highest BCUT2D eigenvalue weighted by molar-refractivity contribution is 5.97. The average molecular weight is 429 g/mol. The maximum absolute atomic E-state index is 12.9. The summed E-state index contributed by atoms with van der Waals surface area (Å²) in [6.07, 6.45) is 3.37. The van der Waals surface area contributed by atoms with Crippen LogP contribution < -0.4 is 5.63 Å². The molecule has 0 aliphatic carbocycles. The molecule has 156 valence electrons. The van der Waals surface area contributed by atoms with E-state index in [-0.39, 0.29) is 0 Å². The van der Waals surface area contributed by atoms with Gasteiger partial charge in [0.2, 0.25) is 0 Å². The number of hydrogen-bond donors (Lipinski definition) is 1. The minimum atomic E-state index is -0.499. The number of nitriles is 1. The summed E-state index contributed by atoms with van der Waals surface area (Å²) in [5, 5.41) is 11.8. The van der Waals surface area contributed by atoms with Crippen molar-refractivity contribution in [1.82, 2.24) is 9.97 Å². The molecule has 0 spiro atoms. The largest absolute Gasteiger partial charge is 0.464 e. The van der Waals surface area contributed by atoms with E-state index >= 15 is 0 Å². The molecule has 2 aromatic carbocycles. The lowest BCUT2D eigenvalue weighted by molar-refractivity contribution is 0.563. The Kier molecular flexibility index (Phi) is 4.20. The number of hydrogen-bond acceptors (Lipinski definition) is 5. The Morgan fingerprint density at radius 2 is 1.76 bits per heavy atom. The quantitative estimate of drug-likeness (QED) is 0.341. The van der Waals surface area contributed by atoms with Gasteiger partial charge in [0.25, 0.3) is 0 Å². The molecular weight excluding hydrogens is 414 g/mol. The highest BCUT2D eigenvalue weighted by Crippen LogP contribution is 2.37. The van der Waals surface area contributed by atoms with Crippen molar-refractivity contribution in [3.8, 4) is 39.9 Å². The first-order chi connectivity index (χ1) is 16.2. The van der Waals surface area contributed by atoms with Crippen molar-refractivity contribution >= 4 is 21.9 Å². The van der Waals surface area contributed by atoms with Gasteiger partial charge in [-0.25, -0.2) is 9.78 Å². The van der Waals surface area contributed by atoms with Crippen molar-refractivity contribution < 1.29 is 8.83 Å².